The van der Waals surface area contributed by atoms with Crippen LogP contribution in [-0.4, -0.2) is 24.3 Å². The first kappa shape index (κ1) is 16.2. The number of Topliss-reactive ketones (excluding diaryl/α,β-unsaturated/α-hetero) is 1. The summed E-state index contributed by atoms with van der Waals surface area (Å²) in [5.74, 6) is -0.281. The molecule has 110 valence electrons. The van der Waals surface area contributed by atoms with Crippen LogP contribution in [0.3, 0.4) is 0 Å². The Kier molecular flexibility index (Phi) is 6.18. The average Bonchev–Trinajstić information content (AvgIpc) is 2.45. The molecule has 0 aliphatic carbocycles. The maximum absolute atomic E-state index is 11.8. The van der Waals surface area contributed by atoms with Crippen molar-refractivity contribution in [1.82, 2.24) is 5.32 Å². The molecule has 5 heteroatoms. The van der Waals surface area contributed by atoms with Crippen molar-refractivity contribution in [3.63, 3.8) is 0 Å². The predicted octanol–water partition coefficient (Wildman–Crippen LogP) is 0.870. The molecule has 0 saturated heterocycles. The Morgan fingerprint density at radius 1 is 1.30 bits per heavy atom. The van der Waals surface area contributed by atoms with Crippen LogP contribution in [0.15, 0.2) is 24.3 Å². The summed E-state index contributed by atoms with van der Waals surface area (Å²) in [5.41, 5.74) is 12.9. The molecule has 0 bridgehead atoms. The number of benzene rings is 1. The normalized spacial score (nSPS) is 13.6. The fourth-order valence-electron chi connectivity index (χ4n) is 1.79. The van der Waals surface area contributed by atoms with Crippen LogP contribution in [-0.2, 0) is 16.0 Å². The number of hydrogen-bond donors (Lipinski definition) is 3. The largest absolute Gasteiger partial charge is 0.398 e. The van der Waals surface area contributed by atoms with Crippen molar-refractivity contribution < 1.29 is 9.59 Å². The number of nitrogens with two attached hydrogens (primary N) is 2. The molecule has 0 aliphatic heterocycles. The Morgan fingerprint density at radius 2 is 1.95 bits per heavy atom. The molecule has 0 spiro atoms. The van der Waals surface area contributed by atoms with E-state index in [1.165, 1.54) is 0 Å². The number of nitrogens with one attached hydrogen (secondary N) is 1. The van der Waals surface area contributed by atoms with E-state index >= 15 is 0 Å². The topological polar surface area (TPSA) is 98.2 Å². The van der Waals surface area contributed by atoms with Gasteiger partial charge in [-0.3, -0.25) is 9.59 Å². The number of hydrogen-bond acceptors (Lipinski definition) is 4. The van der Waals surface area contributed by atoms with Crippen LogP contribution in [0.1, 0.15) is 25.8 Å². The second-order valence-corrected chi connectivity index (χ2v) is 5.04. The number of anilines is 1. The molecular weight excluding hydrogens is 254 g/mol. The zero-order valence-corrected chi connectivity index (χ0v) is 12.1. The summed E-state index contributed by atoms with van der Waals surface area (Å²) in [7, 11) is 0. The van der Waals surface area contributed by atoms with Crippen molar-refractivity contribution in [2.75, 3.05) is 12.3 Å². The fraction of sp³-hybridized carbons (Fsp3) is 0.467. The van der Waals surface area contributed by atoms with Gasteiger partial charge >= 0.3 is 0 Å². The Bertz CT molecular complexity index is 474. The third kappa shape index (κ3) is 4.66. The first-order chi connectivity index (χ1) is 9.45. The fourth-order valence-corrected chi connectivity index (χ4v) is 1.79. The van der Waals surface area contributed by atoms with Gasteiger partial charge < -0.3 is 16.8 Å². The molecule has 5 N–H and O–H groups in total. The van der Waals surface area contributed by atoms with E-state index in [1.54, 1.807) is 12.1 Å². The number of para-hydroxylation sites is 1. The van der Waals surface area contributed by atoms with Gasteiger partial charge in [0.15, 0.2) is 5.78 Å². The molecule has 2 atom stereocenters. The van der Waals surface area contributed by atoms with E-state index in [1.807, 2.05) is 26.0 Å². The summed E-state index contributed by atoms with van der Waals surface area (Å²) >= 11 is 0. The van der Waals surface area contributed by atoms with Gasteiger partial charge in [-0.05, 0) is 17.5 Å². The van der Waals surface area contributed by atoms with Crippen molar-refractivity contribution in [1.29, 1.82) is 0 Å². The lowest BCUT2D eigenvalue weighted by Gasteiger charge is -2.17. The molecule has 0 radical (unpaired) electrons. The Hall–Kier alpha value is -1.88. The Balaban J connectivity index is 2.44. The van der Waals surface area contributed by atoms with E-state index < -0.39 is 6.04 Å². The average molecular weight is 277 g/mol. The Morgan fingerprint density at radius 3 is 2.55 bits per heavy atom. The monoisotopic (exact) mass is 277 g/mol. The van der Waals surface area contributed by atoms with Crippen molar-refractivity contribution in [3.05, 3.63) is 29.8 Å². The van der Waals surface area contributed by atoms with Crippen LogP contribution >= 0.6 is 0 Å². The van der Waals surface area contributed by atoms with Gasteiger partial charge in [0.2, 0.25) is 5.91 Å². The molecule has 0 aliphatic rings. The molecule has 1 amide bonds. The summed E-state index contributed by atoms with van der Waals surface area (Å²) < 4.78 is 0. The maximum Gasteiger partial charge on any atom is 0.237 e. The van der Waals surface area contributed by atoms with Gasteiger partial charge in [0.05, 0.1) is 12.6 Å². The van der Waals surface area contributed by atoms with Crippen LogP contribution in [0.4, 0.5) is 5.69 Å². The highest BCUT2D eigenvalue weighted by Gasteiger charge is 2.19. The standard InChI is InChI=1S/C15H23N3O2/c1-3-10(2)14(17)15(20)18-9-12(19)8-11-6-4-5-7-13(11)16/h4-7,10,14H,3,8-9,16-17H2,1-2H3,(H,18,20). The number of nitrogen functional groups attached to an aromatic ring is 1. The molecular formula is C15H23N3O2. The SMILES string of the molecule is CCC(C)C(N)C(=O)NCC(=O)Cc1ccccc1N. The smallest absolute Gasteiger partial charge is 0.237 e. The number of amides is 1. The van der Waals surface area contributed by atoms with E-state index in [-0.39, 0.29) is 30.6 Å². The number of carbonyl (C=O) groups excluding carboxylic acids is 2. The summed E-state index contributed by atoms with van der Waals surface area (Å²) in [5, 5.41) is 2.58. The lowest BCUT2D eigenvalue weighted by atomic mass is 9.99. The maximum atomic E-state index is 11.8. The first-order valence-electron chi connectivity index (χ1n) is 6.84. The quantitative estimate of drug-likeness (QED) is 0.644. The van der Waals surface area contributed by atoms with Gasteiger partial charge in [-0.1, -0.05) is 38.5 Å². The van der Waals surface area contributed by atoms with Gasteiger partial charge in [-0.25, -0.2) is 0 Å². The van der Waals surface area contributed by atoms with Gasteiger partial charge in [0.1, 0.15) is 0 Å². The third-order valence-corrected chi connectivity index (χ3v) is 3.46. The molecule has 0 aromatic heterocycles. The third-order valence-electron chi connectivity index (χ3n) is 3.46. The van der Waals surface area contributed by atoms with E-state index in [9.17, 15) is 9.59 Å². The van der Waals surface area contributed by atoms with E-state index in [0.717, 1.165) is 12.0 Å². The van der Waals surface area contributed by atoms with Crippen LogP contribution in [0.25, 0.3) is 0 Å². The zero-order valence-electron chi connectivity index (χ0n) is 12.1. The minimum Gasteiger partial charge on any atom is -0.398 e. The molecule has 20 heavy (non-hydrogen) atoms. The molecule has 0 heterocycles. The molecule has 0 saturated carbocycles. The Labute approximate surface area is 119 Å². The number of ketones is 1. The van der Waals surface area contributed by atoms with E-state index in [0.29, 0.717) is 5.69 Å². The lowest BCUT2D eigenvalue weighted by Crippen LogP contribution is -2.46. The van der Waals surface area contributed by atoms with Gasteiger partial charge in [0.25, 0.3) is 0 Å². The van der Waals surface area contributed by atoms with Gasteiger partial charge in [-0.15, -0.1) is 0 Å². The van der Waals surface area contributed by atoms with Crippen LogP contribution in [0, 0.1) is 5.92 Å². The summed E-state index contributed by atoms with van der Waals surface area (Å²) in [4.78, 5) is 23.6. The summed E-state index contributed by atoms with van der Waals surface area (Å²) in [6, 6.07) is 6.63. The number of rotatable bonds is 7. The molecule has 2 unspecified atom stereocenters. The molecule has 1 rings (SSSR count). The lowest BCUT2D eigenvalue weighted by molar-refractivity contribution is -0.126. The minimum atomic E-state index is -0.574. The van der Waals surface area contributed by atoms with Crippen molar-refractivity contribution in [3.8, 4) is 0 Å². The second-order valence-electron chi connectivity index (χ2n) is 5.04. The molecule has 1 aromatic carbocycles. The van der Waals surface area contributed by atoms with E-state index in [4.69, 9.17) is 11.5 Å². The van der Waals surface area contributed by atoms with Gasteiger partial charge in [-0.2, -0.15) is 0 Å². The second kappa shape index (κ2) is 7.65. The van der Waals surface area contributed by atoms with E-state index in [2.05, 4.69) is 5.32 Å². The zero-order chi connectivity index (χ0) is 15.1. The summed E-state index contributed by atoms with van der Waals surface area (Å²) in [6.07, 6.45) is 1.04. The van der Waals surface area contributed by atoms with Gasteiger partial charge in [0, 0.05) is 12.1 Å². The number of carbonyl (C=O) groups is 2. The van der Waals surface area contributed by atoms with Crippen LogP contribution in [0.2, 0.25) is 0 Å². The highest BCUT2D eigenvalue weighted by atomic mass is 16.2. The minimum absolute atomic E-state index is 0.0166. The van der Waals surface area contributed by atoms with Crippen LogP contribution in [0.5, 0.6) is 0 Å². The molecule has 1 aromatic rings. The summed E-state index contributed by atoms with van der Waals surface area (Å²) in [6.45, 7) is 3.87. The highest BCUT2D eigenvalue weighted by molar-refractivity contribution is 5.89. The molecule has 0 fully saturated rings. The molecule has 5 nitrogen and oxygen atoms in total. The van der Waals surface area contributed by atoms with Crippen molar-refractivity contribution >= 4 is 17.4 Å². The highest BCUT2D eigenvalue weighted by Crippen LogP contribution is 2.11. The van der Waals surface area contributed by atoms with Crippen LogP contribution < -0.4 is 16.8 Å². The predicted molar refractivity (Wildman–Crippen MR) is 80.0 cm³/mol. The van der Waals surface area contributed by atoms with Crippen molar-refractivity contribution in [2.45, 2.75) is 32.7 Å². The first-order valence-corrected chi connectivity index (χ1v) is 6.84. The van der Waals surface area contributed by atoms with Crippen molar-refractivity contribution in [2.24, 2.45) is 11.7 Å².